The monoisotopic (exact) mass is 1370 g/mol. The summed E-state index contributed by atoms with van der Waals surface area (Å²) in [6.45, 7) is 9.49. The van der Waals surface area contributed by atoms with Crippen molar-refractivity contribution in [2.45, 2.75) is 400 Å². The summed E-state index contributed by atoms with van der Waals surface area (Å²) in [5, 5.41) is 10.6. The van der Waals surface area contributed by atoms with E-state index in [1.54, 1.807) is 0 Å². The molecule has 0 aromatic carbocycles. The summed E-state index contributed by atoms with van der Waals surface area (Å²) in [5.74, 6) is -0.665. The molecule has 0 aliphatic heterocycles. The van der Waals surface area contributed by atoms with E-state index in [4.69, 9.17) is 37.0 Å². The van der Waals surface area contributed by atoms with Gasteiger partial charge in [-0.05, 0) is 37.5 Å². The van der Waals surface area contributed by atoms with Gasteiger partial charge in [0.05, 0.1) is 26.4 Å². The topological polar surface area (TPSA) is 237 Å². The lowest BCUT2D eigenvalue weighted by Gasteiger charge is -2.21. The summed E-state index contributed by atoms with van der Waals surface area (Å²) < 4.78 is 68.4. The van der Waals surface area contributed by atoms with Crippen LogP contribution in [0.1, 0.15) is 382 Å². The first-order chi connectivity index (χ1) is 44.9. The molecule has 17 nitrogen and oxygen atoms in total. The number of aliphatic hydroxyl groups excluding tert-OH is 1. The summed E-state index contributed by atoms with van der Waals surface area (Å²) >= 11 is 0. The molecule has 19 heteroatoms. The van der Waals surface area contributed by atoms with Gasteiger partial charge in [-0.25, -0.2) is 9.13 Å². The minimum Gasteiger partial charge on any atom is -0.462 e. The van der Waals surface area contributed by atoms with Crippen LogP contribution in [0.15, 0.2) is 0 Å². The molecule has 0 saturated heterocycles. The molecule has 0 aromatic heterocycles. The van der Waals surface area contributed by atoms with E-state index in [-0.39, 0.29) is 25.7 Å². The second-order valence-electron chi connectivity index (χ2n) is 27.4. The third-order valence-corrected chi connectivity index (χ3v) is 19.5. The molecular formula is C74H144O17P2. The zero-order valence-corrected chi connectivity index (χ0v) is 62.3. The Balaban J connectivity index is 5.18. The molecule has 0 bridgehead atoms. The molecular weight excluding hydrogens is 1220 g/mol. The first-order valence-corrected chi connectivity index (χ1v) is 41.5. The van der Waals surface area contributed by atoms with E-state index >= 15 is 0 Å². The maximum Gasteiger partial charge on any atom is 0.472 e. The number of ether oxygens (including phenoxy) is 4. The molecule has 3 N–H and O–H groups in total. The second-order valence-corrected chi connectivity index (χ2v) is 30.3. The van der Waals surface area contributed by atoms with Gasteiger partial charge in [-0.2, -0.15) is 0 Å². The molecule has 0 aliphatic carbocycles. The van der Waals surface area contributed by atoms with E-state index in [1.807, 2.05) is 0 Å². The highest BCUT2D eigenvalue weighted by Gasteiger charge is 2.30. The lowest BCUT2D eigenvalue weighted by atomic mass is 9.99. The number of unbranched alkanes of at least 4 members (excludes halogenated alkanes) is 42. The zero-order valence-electron chi connectivity index (χ0n) is 60.6. The van der Waals surface area contributed by atoms with E-state index in [9.17, 15) is 43.2 Å². The summed E-state index contributed by atoms with van der Waals surface area (Å²) in [6, 6.07) is 0. The van der Waals surface area contributed by atoms with Gasteiger partial charge in [0.1, 0.15) is 19.3 Å². The molecule has 0 saturated carbocycles. The van der Waals surface area contributed by atoms with Gasteiger partial charge in [0.2, 0.25) is 0 Å². The highest BCUT2D eigenvalue weighted by molar-refractivity contribution is 7.47. The van der Waals surface area contributed by atoms with Crippen LogP contribution < -0.4 is 0 Å². The number of carbonyl (C=O) groups is 4. The number of phosphoric ester groups is 2. The van der Waals surface area contributed by atoms with Crippen LogP contribution in [0.3, 0.4) is 0 Å². The number of hydrogen-bond donors (Lipinski definition) is 3. The van der Waals surface area contributed by atoms with E-state index in [0.717, 1.165) is 102 Å². The van der Waals surface area contributed by atoms with Crippen LogP contribution in [0.4, 0.5) is 0 Å². The van der Waals surface area contributed by atoms with Gasteiger partial charge in [-0.1, -0.05) is 330 Å². The summed E-state index contributed by atoms with van der Waals surface area (Å²) in [4.78, 5) is 72.6. The lowest BCUT2D eigenvalue weighted by Crippen LogP contribution is -2.30. The predicted octanol–water partition coefficient (Wildman–Crippen LogP) is 21.6. The number of aliphatic hydroxyl groups is 1. The highest BCUT2D eigenvalue weighted by atomic mass is 31.2. The quantitative estimate of drug-likeness (QED) is 0.0222. The third-order valence-electron chi connectivity index (χ3n) is 17.6. The average molecular weight is 1370 g/mol. The molecule has 0 amide bonds. The molecule has 0 radical (unpaired) electrons. The summed E-state index contributed by atoms with van der Waals surface area (Å²) in [7, 11) is -9.90. The molecule has 3 unspecified atom stereocenters. The van der Waals surface area contributed by atoms with Crippen molar-refractivity contribution in [2.75, 3.05) is 39.6 Å². The van der Waals surface area contributed by atoms with E-state index in [2.05, 4.69) is 41.5 Å². The Kier molecular flexibility index (Phi) is 64.6. The number of hydrogen-bond acceptors (Lipinski definition) is 15. The van der Waals surface area contributed by atoms with Gasteiger partial charge in [0.15, 0.2) is 12.2 Å². The Morgan fingerprint density at radius 3 is 0.817 bits per heavy atom. The largest absolute Gasteiger partial charge is 0.472 e. The van der Waals surface area contributed by atoms with Crippen molar-refractivity contribution in [3.05, 3.63) is 0 Å². The molecule has 93 heavy (non-hydrogen) atoms. The summed E-state index contributed by atoms with van der Waals surface area (Å²) in [5.41, 5.74) is 0. The van der Waals surface area contributed by atoms with Crippen molar-refractivity contribution in [2.24, 2.45) is 11.8 Å². The minimum atomic E-state index is -4.95. The second kappa shape index (κ2) is 66.0. The third kappa shape index (κ3) is 67.0. The van der Waals surface area contributed by atoms with Crippen molar-refractivity contribution in [1.82, 2.24) is 0 Å². The van der Waals surface area contributed by atoms with Crippen LogP contribution in [-0.4, -0.2) is 96.7 Å². The molecule has 6 atom stereocenters. The fraction of sp³-hybridized carbons (Fsp3) is 0.946. The summed E-state index contributed by atoms with van der Waals surface area (Å²) in [6.07, 6.45) is 53.0. The Labute approximate surface area is 568 Å². The highest BCUT2D eigenvalue weighted by Crippen LogP contribution is 2.45. The van der Waals surface area contributed by atoms with Crippen LogP contribution in [0.25, 0.3) is 0 Å². The SMILES string of the molecule is CCCCCCCCCCCCCCCCCCCCCCCC(=O)O[C@H](COC(=O)CCCCCCCCCCC(C)CC)COP(=O)(O)OC[C@@H](O)COP(=O)(O)OC[C@@H](COC(=O)CCCCCCCCC(C)C)OC(=O)CCCCCCCCCCCCC. The van der Waals surface area contributed by atoms with Gasteiger partial charge in [-0.3, -0.25) is 37.3 Å². The molecule has 0 aliphatic rings. The number of esters is 4. The van der Waals surface area contributed by atoms with Crippen LogP contribution >= 0.6 is 15.6 Å². The molecule has 0 rings (SSSR count). The predicted molar refractivity (Wildman–Crippen MR) is 377 cm³/mol. The van der Waals surface area contributed by atoms with Crippen LogP contribution in [0.5, 0.6) is 0 Å². The lowest BCUT2D eigenvalue weighted by molar-refractivity contribution is -0.161. The zero-order chi connectivity index (χ0) is 68.6. The minimum absolute atomic E-state index is 0.106. The van der Waals surface area contributed by atoms with Gasteiger partial charge < -0.3 is 33.8 Å². The van der Waals surface area contributed by atoms with Gasteiger partial charge in [0, 0.05) is 25.7 Å². The maximum atomic E-state index is 13.1. The van der Waals surface area contributed by atoms with E-state index in [1.165, 1.54) is 193 Å². The van der Waals surface area contributed by atoms with Crippen molar-refractivity contribution in [3.8, 4) is 0 Å². The Morgan fingerprint density at radius 2 is 0.548 bits per heavy atom. The molecule has 0 aromatic rings. The first-order valence-electron chi connectivity index (χ1n) is 38.5. The van der Waals surface area contributed by atoms with Crippen molar-refractivity contribution in [1.29, 1.82) is 0 Å². The molecule has 0 spiro atoms. The average Bonchev–Trinajstić information content (AvgIpc) is 2.47. The Hall–Kier alpha value is -1.94. The maximum absolute atomic E-state index is 13.1. The fourth-order valence-corrected chi connectivity index (χ4v) is 12.8. The normalized spacial score (nSPS) is 14.3. The molecule has 0 heterocycles. The first kappa shape index (κ1) is 91.1. The number of phosphoric acid groups is 2. The van der Waals surface area contributed by atoms with Gasteiger partial charge >= 0.3 is 39.5 Å². The van der Waals surface area contributed by atoms with Crippen LogP contribution in [0, 0.1) is 11.8 Å². The van der Waals surface area contributed by atoms with Crippen molar-refractivity contribution >= 4 is 39.5 Å². The van der Waals surface area contributed by atoms with Crippen LogP contribution in [0.2, 0.25) is 0 Å². The smallest absolute Gasteiger partial charge is 0.462 e. The van der Waals surface area contributed by atoms with Crippen molar-refractivity contribution in [3.63, 3.8) is 0 Å². The fourth-order valence-electron chi connectivity index (χ4n) is 11.3. The van der Waals surface area contributed by atoms with Gasteiger partial charge in [-0.15, -0.1) is 0 Å². The van der Waals surface area contributed by atoms with E-state index in [0.29, 0.717) is 31.6 Å². The Bertz CT molecular complexity index is 1810. The van der Waals surface area contributed by atoms with Crippen LogP contribution in [-0.2, 0) is 65.4 Å². The van der Waals surface area contributed by atoms with Gasteiger partial charge in [0.25, 0.3) is 0 Å². The standard InChI is InChI=1S/C74H144O17P2/c1-7-10-12-14-16-18-20-21-22-23-24-25-26-27-28-29-31-33-39-47-53-59-74(79)90-69(62-84-71(76)56-50-44-37-35-34-36-43-49-55-67(6)9-3)64-88-92(80,81)86-60-68(75)61-87-93(82,83)89-65-70(63-85-72(77)57-51-45-41-40-42-48-54-66(4)5)91-73(78)58-52-46-38-32-30-19-17-15-13-11-8-2/h66-70,75H,7-65H2,1-6H3,(H,80,81)(H,82,83)/t67?,68-,69-,70-/m1/s1. The van der Waals surface area contributed by atoms with E-state index < -0.39 is 97.5 Å². The molecule has 0 fully saturated rings. The number of rotatable bonds is 73. The van der Waals surface area contributed by atoms with Crippen molar-refractivity contribution < 1.29 is 80.2 Å². The Morgan fingerprint density at radius 1 is 0.312 bits per heavy atom. The number of carbonyl (C=O) groups excluding carboxylic acids is 4. The molecule has 552 valence electrons.